The summed E-state index contributed by atoms with van der Waals surface area (Å²) < 4.78 is 5.19. The number of nitrogens with zero attached hydrogens (tertiary/aromatic N) is 1. The highest BCUT2D eigenvalue weighted by molar-refractivity contribution is 5.83. The second-order valence-corrected chi connectivity index (χ2v) is 5.05. The van der Waals surface area contributed by atoms with Gasteiger partial charge in [0, 0.05) is 30.6 Å². The average molecular weight is 270 g/mol. The first-order valence-electron chi connectivity index (χ1n) is 7.02. The van der Waals surface area contributed by atoms with Crippen LogP contribution in [-0.4, -0.2) is 30.6 Å². The number of nitrogens with one attached hydrogen (secondary N) is 1. The summed E-state index contributed by atoms with van der Waals surface area (Å²) in [6.07, 6.45) is 1.80. The summed E-state index contributed by atoms with van der Waals surface area (Å²) in [6, 6.07) is 10.1. The molecular weight excluding hydrogens is 252 g/mol. The largest absolute Gasteiger partial charge is 0.466 e. The van der Waals surface area contributed by atoms with Crippen molar-refractivity contribution in [1.82, 2.24) is 10.3 Å². The molecule has 104 valence electrons. The lowest BCUT2D eigenvalue weighted by atomic mass is 9.87. The van der Waals surface area contributed by atoms with E-state index in [0.717, 1.165) is 23.0 Å². The number of pyridine rings is 1. The minimum absolute atomic E-state index is 0.115. The van der Waals surface area contributed by atoms with E-state index in [2.05, 4.69) is 16.4 Å². The number of hydrogen-bond donors (Lipinski definition) is 1. The number of benzene rings is 1. The molecule has 0 amide bonds. The number of carbonyl (C=O) groups excluding carboxylic acids is 1. The summed E-state index contributed by atoms with van der Waals surface area (Å²) in [7, 11) is 0. The van der Waals surface area contributed by atoms with Crippen molar-refractivity contribution in [2.24, 2.45) is 5.92 Å². The van der Waals surface area contributed by atoms with E-state index < -0.39 is 0 Å². The van der Waals surface area contributed by atoms with Gasteiger partial charge in [0.05, 0.1) is 18.0 Å². The van der Waals surface area contributed by atoms with Gasteiger partial charge in [0.15, 0.2) is 0 Å². The Balaban J connectivity index is 1.99. The van der Waals surface area contributed by atoms with Gasteiger partial charge in [-0.25, -0.2) is 0 Å². The first kappa shape index (κ1) is 13.1. The van der Waals surface area contributed by atoms with Gasteiger partial charge >= 0.3 is 5.97 Å². The fourth-order valence-electron chi connectivity index (χ4n) is 2.93. The Labute approximate surface area is 118 Å². The van der Waals surface area contributed by atoms with Gasteiger partial charge in [-0.2, -0.15) is 0 Å². The lowest BCUT2D eigenvalue weighted by molar-refractivity contribution is -0.147. The summed E-state index contributed by atoms with van der Waals surface area (Å²) in [5.74, 6) is -0.106. The van der Waals surface area contributed by atoms with Gasteiger partial charge in [0.25, 0.3) is 0 Å². The smallest absolute Gasteiger partial charge is 0.310 e. The Kier molecular flexibility index (Phi) is 3.65. The van der Waals surface area contributed by atoms with Crippen LogP contribution in [0.5, 0.6) is 0 Å². The molecule has 0 bridgehead atoms. The molecule has 1 N–H and O–H groups in total. The third-order valence-electron chi connectivity index (χ3n) is 3.87. The predicted octanol–water partition coefficient (Wildman–Crippen LogP) is 2.10. The molecule has 3 rings (SSSR count). The summed E-state index contributed by atoms with van der Waals surface area (Å²) >= 11 is 0. The first-order chi connectivity index (χ1) is 9.81. The van der Waals surface area contributed by atoms with Crippen LogP contribution in [0.15, 0.2) is 36.5 Å². The Bertz CT molecular complexity index is 621. The summed E-state index contributed by atoms with van der Waals surface area (Å²) in [4.78, 5) is 16.6. The van der Waals surface area contributed by atoms with Crippen LogP contribution in [0.25, 0.3) is 10.9 Å². The summed E-state index contributed by atoms with van der Waals surface area (Å²) in [5.41, 5.74) is 2.11. The zero-order valence-corrected chi connectivity index (χ0v) is 11.5. The van der Waals surface area contributed by atoms with Crippen LogP contribution in [0.4, 0.5) is 0 Å². The van der Waals surface area contributed by atoms with Crippen molar-refractivity contribution in [1.29, 1.82) is 0 Å². The molecule has 2 heterocycles. The van der Waals surface area contributed by atoms with Gasteiger partial charge in [0.2, 0.25) is 0 Å². The number of carbonyl (C=O) groups is 1. The number of rotatable bonds is 3. The molecule has 1 fully saturated rings. The van der Waals surface area contributed by atoms with Crippen molar-refractivity contribution in [2.75, 3.05) is 19.7 Å². The van der Waals surface area contributed by atoms with Crippen molar-refractivity contribution in [3.8, 4) is 0 Å². The van der Waals surface area contributed by atoms with Crippen LogP contribution in [0.2, 0.25) is 0 Å². The van der Waals surface area contributed by atoms with Gasteiger partial charge in [-0.05, 0) is 18.6 Å². The number of para-hydroxylation sites is 1. The summed E-state index contributed by atoms with van der Waals surface area (Å²) in [6.45, 7) is 3.73. The molecule has 1 aromatic heterocycles. The molecule has 4 nitrogen and oxygen atoms in total. The van der Waals surface area contributed by atoms with Crippen molar-refractivity contribution < 1.29 is 9.53 Å². The Morgan fingerprint density at radius 2 is 2.20 bits per heavy atom. The highest BCUT2D eigenvalue weighted by Crippen LogP contribution is 2.32. The van der Waals surface area contributed by atoms with Gasteiger partial charge in [-0.1, -0.05) is 24.3 Å². The van der Waals surface area contributed by atoms with E-state index in [0.29, 0.717) is 13.2 Å². The van der Waals surface area contributed by atoms with E-state index in [1.54, 1.807) is 6.20 Å². The van der Waals surface area contributed by atoms with E-state index >= 15 is 0 Å². The predicted molar refractivity (Wildman–Crippen MR) is 77.5 cm³/mol. The third-order valence-corrected chi connectivity index (χ3v) is 3.87. The number of hydrogen-bond acceptors (Lipinski definition) is 4. The normalized spacial score (nSPS) is 22.1. The molecule has 2 unspecified atom stereocenters. The highest BCUT2D eigenvalue weighted by atomic mass is 16.5. The molecule has 0 saturated carbocycles. The van der Waals surface area contributed by atoms with Gasteiger partial charge < -0.3 is 10.1 Å². The van der Waals surface area contributed by atoms with Crippen LogP contribution in [0, 0.1) is 5.92 Å². The number of fused-ring (bicyclic) bond motifs is 1. The van der Waals surface area contributed by atoms with E-state index in [1.807, 2.05) is 31.2 Å². The first-order valence-corrected chi connectivity index (χ1v) is 7.02. The van der Waals surface area contributed by atoms with Crippen molar-refractivity contribution >= 4 is 16.9 Å². The number of esters is 1. The zero-order valence-electron chi connectivity index (χ0n) is 11.5. The fraction of sp³-hybridized carbons (Fsp3) is 0.375. The standard InChI is InChI=1S/C16H18N2O2/c1-2-20-16(19)14-10-17-9-13(14)12-7-3-5-11-6-4-8-18-15(11)12/h3-8,13-14,17H,2,9-10H2,1H3. The fourth-order valence-corrected chi connectivity index (χ4v) is 2.93. The number of ether oxygens (including phenoxy) is 1. The van der Waals surface area contributed by atoms with Crippen LogP contribution < -0.4 is 5.32 Å². The molecule has 1 saturated heterocycles. The Morgan fingerprint density at radius 3 is 3.05 bits per heavy atom. The molecule has 2 atom stereocenters. The quantitative estimate of drug-likeness (QED) is 0.868. The Hall–Kier alpha value is -1.94. The SMILES string of the molecule is CCOC(=O)C1CNCC1c1cccc2cccnc12. The topological polar surface area (TPSA) is 51.2 Å². The van der Waals surface area contributed by atoms with Gasteiger partial charge in [0.1, 0.15) is 0 Å². The molecule has 1 aliphatic rings. The van der Waals surface area contributed by atoms with Crippen molar-refractivity contribution in [3.05, 3.63) is 42.1 Å². The summed E-state index contributed by atoms with van der Waals surface area (Å²) in [5, 5.41) is 4.41. The molecule has 20 heavy (non-hydrogen) atoms. The molecule has 0 radical (unpaired) electrons. The van der Waals surface area contributed by atoms with E-state index in [1.165, 1.54) is 0 Å². The average Bonchev–Trinajstić information content (AvgIpc) is 2.96. The second kappa shape index (κ2) is 5.59. The zero-order chi connectivity index (χ0) is 13.9. The molecule has 0 spiro atoms. The maximum atomic E-state index is 12.1. The monoisotopic (exact) mass is 270 g/mol. The van der Waals surface area contributed by atoms with Gasteiger partial charge in [-0.15, -0.1) is 0 Å². The number of aromatic nitrogens is 1. The van der Waals surface area contributed by atoms with Gasteiger partial charge in [-0.3, -0.25) is 9.78 Å². The molecule has 0 aliphatic carbocycles. The Morgan fingerprint density at radius 1 is 1.35 bits per heavy atom. The highest BCUT2D eigenvalue weighted by Gasteiger charge is 2.35. The van der Waals surface area contributed by atoms with Crippen LogP contribution >= 0.6 is 0 Å². The minimum atomic E-state index is -0.123. The molecule has 4 heteroatoms. The van der Waals surface area contributed by atoms with Crippen LogP contribution in [0.3, 0.4) is 0 Å². The maximum Gasteiger partial charge on any atom is 0.310 e. The third kappa shape index (κ3) is 2.27. The molecule has 1 aliphatic heterocycles. The minimum Gasteiger partial charge on any atom is -0.466 e. The lowest BCUT2D eigenvalue weighted by Gasteiger charge is -2.18. The van der Waals surface area contributed by atoms with Crippen molar-refractivity contribution in [2.45, 2.75) is 12.8 Å². The molecular formula is C16H18N2O2. The van der Waals surface area contributed by atoms with E-state index in [-0.39, 0.29) is 17.8 Å². The molecule has 2 aromatic rings. The van der Waals surface area contributed by atoms with Crippen LogP contribution in [0.1, 0.15) is 18.4 Å². The van der Waals surface area contributed by atoms with E-state index in [4.69, 9.17) is 4.74 Å². The second-order valence-electron chi connectivity index (χ2n) is 5.05. The van der Waals surface area contributed by atoms with Crippen LogP contribution in [-0.2, 0) is 9.53 Å². The maximum absolute atomic E-state index is 12.1. The van der Waals surface area contributed by atoms with Crippen molar-refractivity contribution in [3.63, 3.8) is 0 Å². The molecule has 1 aromatic carbocycles. The lowest BCUT2D eigenvalue weighted by Crippen LogP contribution is -2.24. The van der Waals surface area contributed by atoms with E-state index in [9.17, 15) is 4.79 Å².